The average Bonchev–Trinajstić information content (AvgIpc) is 3.13. The van der Waals surface area contributed by atoms with Gasteiger partial charge in [0, 0.05) is 44.9 Å². The Hall–Kier alpha value is -10.2. The summed E-state index contributed by atoms with van der Waals surface area (Å²) in [6, 6.07) is 98.3. The summed E-state index contributed by atoms with van der Waals surface area (Å²) in [6.07, 6.45) is 14.4. The van der Waals surface area contributed by atoms with Crippen LogP contribution in [0.25, 0.3) is 78.1 Å². The number of unbranched alkanes of at least 4 members (excludes halogenated alkanes) is 1. The Morgan fingerprint density at radius 2 is 1.02 bits per heavy atom. The number of ether oxygens (including phenoxy) is 1. The molecule has 14 rings (SSSR count). The van der Waals surface area contributed by atoms with Crippen LogP contribution in [0.1, 0.15) is 59.4 Å². The number of aromatic nitrogens is 1. The van der Waals surface area contributed by atoms with Crippen molar-refractivity contribution in [2.45, 2.75) is 37.0 Å². The van der Waals surface area contributed by atoms with Gasteiger partial charge in [0.2, 0.25) is 0 Å². The van der Waals surface area contributed by atoms with Gasteiger partial charge in [0.15, 0.2) is 0 Å². The molecule has 12 aromatic rings. The van der Waals surface area contributed by atoms with Crippen molar-refractivity contribution in [1.82, 2.24) is 4.57 Å². The highest BCUT2D eigenvalue weighted by Crippen LogP contribution is 2.56. The molecule has 0 radical (unpaired) electrons. The number of para-hydroxylation sites is 1. The maximum absolute atomic E-state index is 6.47. The van der Waals surface area contributed by atoms with E-state index in [4.69, 9.17) is 4.74 Å². The molecule has 0 spiro atoms. The van der Waals surface area contributed by atoms with Crippen LogP contribution < -0.4 is 9.64 Å². The van der Waals surface area contributed by atoms with Crippen LogP contribution in [0, 0.1) is 0 Å². The minimum atomic E-state index is -0.385. The lowest BCUT2D eigenvalue weighted by Gasteiger charge is -2.34. The molecule has 0 N–H and O–H groups in total. The van der Waals surface area contributed by atoms with Crippen molar-refractivity contribution in [1.29, 1.82) is 0 Å². The molecule has 0 fully saturated rings. The molecule has 2 atom stereocenters. The highest BCUT2D eigenvalue weighted by atomic mass is 16.5. The van der Waals surface area contributed by atoms with Crippen LogP contribution >= 0.6 is 0 Å². The first kappa shape index (κ1) is 51.9. The number of rotatable bonds is 17. The molecule has 0 saturated carbocycles. The molecule has 11 aromatic carbocycles. The van der Waals surface area contributed by atoms with Crippen molar-refractivity contribution in [2.24, 2.45) is 0 Å². The van der Waals surface area contributed by atoms with Crippen LogP contribution in [0.5, 0.6) is 5.75 Å². The highest BCUT2D eigenvalue weighted by molar-refractivity contribution is 6.11. The summed E-state index contributed by atoms with van der Waals surface area (Å²) in [6.45, 7) is 8.56. The third kappa shape index (κ3) is 9.68. The quantitative estimate of drug-likeness (QED) is 0.0846. The van der Waals surface area contributed by atoms with Crippen molar-refractivity contribution in [3.63, 3.8) is 0 Å². The second-order valence-electron chi connectivity index (χ2n) is 22.3. The smallest absolute Gasteiger partial charge is 0.119 e. The van der Waals surface area contributed by atoms with E-state index in [2.05, 4.69) is 308 Å². The van der Waals surface area contributed by atoms with Crippen LogP contribution in [0.2, 0.25) is 0 Å². The van der Waals surface area contributed by atoms with E-state index in [9.17, 15) is 0 Å². The number of hydrogen-bond acceptors (Lipinski definition) is 2. The predicted octanol–water partition coefficient (Wildman–Crippen LogP) is 21.6. The topological polar surface area (TPSA) is 17.4 Å². The van der Waals surface area contributed by atoms with Gasteiger partial charge in [-0.25, -0.2) is 0 Å². The number of fused-ring (bicyclic) bond motifs is 6. The van der Waals surface area contributed by atoms with E-state index in [1.165, 1.54) is 88.6 Å². The number of benzene rings is 11. The van der Waals surface area contributed by atoms with E-state index in [0.717, 1.165) is 65.3 Å². The monoisotopic (exact) mass is 1080 g/mol. The summed E-state index contributed by atoms with van der Waals surface area (Å²) in [5, 5.41) is 2.43. The Labute approximate surface area is 493 Å². The Bertz CT molecular complexity index is 4420. The summed E-state index contributed by atoms with van der Waals surface area (Å²) in [7, 11) is 0. The number of hydrogen-bond donors (Lipinski definition) is 0. The van der Waals surface area contributed by atoms with Crippen molar-refractivity contribution >= 4 is 44.9 Å². The first-order chi connectivity index (χ1) is 41.5. The third-order valence-electron chi connectivity index (χ3n) is 17.5. The zero-order valence-electron chi connectivity index (χ0n) is 47.1. The normalized spacial score (nSPS) is 15.1. The lowest BCUT2D eigenvalue weighted by Crippen LogP contribution is -2.27. The number of nitrogens with zero attached hydrogens (tertiary/aromatic N) is 2. The molecule has 1 aromatic heterocycles. The summed E-state index contributed by atoms with van der Waals surface area (Å²) >= 11 is 0. The Morgan fingerprint density at radius 1 is 0.476 bits per heavy atom. The van der Waals surface area contributed by atoms with Gasteiger partial charge in [-0.15, -0.1) is 0 Å². The zero-order valence-corrected chi connectivity index (χ0v) is 47.1. The van der Waals surface area contributed by atoms with Gasteiger partial charge >= 0.3 is 0 Å². The molecular formula is C81H64N2O. The molecule has 2 aliphatic rings. The Kier molecular flexibility index (Phi) is 14.0. The van der Waals surface area contributed by atoms with Crippen molar-refractivity contribution < 1.29 is 4.74 Å². The van der Waals surface area contributed by atoms with Gasteiger partial charge in [0.05, 0.1) is 17.6 Å². The SMILES string of the molecule is C=CC1=CCC(c2ccc(OCCCCC3(c4ccccc4)c4ccccc4-c4ccc(N(c5ccc(-c6ccccc6)cc5)c5ccc(-c6ccc7c(c6)c6cc(-c8ccc(C=C)cc8)ccc6n7-c6ccccc6)cc5)cc43)cc2)C=C1. The van der Waals surface area contributed by atoms with Crippen molar-refractivity contribution in [2.75, 3.05) is 11.5 Å². The lowest BCUT2D eigenvalue weighted by molar-refractivity contribution is 0.301. The Balaban J connectivity index is 0.819. The molecular weight excluding hydrogens is 1020 g/mol. The van der Waals surface area contributed by atoms with Gasteiger partial charge < -0.3 is 14.2 Å². The average molecular weight is 1080 g/mol. The van der Waals surface area contributed by atoms with Crippen LogP contribution in [0.4, 0.5) is 17.1 Å². The van der Waals surface area contributed by atoms with Crippen LogP contribution in [0.3, 0.4) is 0 Å². The van der Waals surface area contributed by atoms with Crippen molar-refractivity contribution in [3.05, 3.63) is 338 Å². The van der Waals surface area contributed by atoms with E-state index in [1.54, 1.807) is 0 Å². The predicted molar refractivity (Wildman–Crippen MR) is 354 cm³/mol. The fraction of sp³-hybridized carbons (Fsp3) is 0.0864. The van der Waals surface area contributed by atoms with Gasteiger partial charge in [-0.2, -0.15) is 0 Å². The summed E-state index contributed by atoms with van der Waals surface area (Å²) in [4.78, 5) is 2.44. The molecule has 2 unspecified atom stereocenters. The zero-order chi connectivity index (χ0) is 56.4. The molecule has 84 heavy (non-hydrogen) atoms. The third-order valence-corrected chi connectivity index (χ3v) is 17.5. The van der Waals surface area contributed by atoms with E-state index >= 15 is 0 Å². The van der Waals surface area contributed by atoms with Gasteiger partial charge in [0.1, 0.15) is 5.75 Å². The molecule has 3 heteroatoms. The molecule has 3 nitrogen and oxygen atoms in total. The summed E-state index contributed by atoms with van der Waals surface area (Å²) in [5.74, 6) is 1.29. The van der Waals surface area contributed by atoms with Gasteiger partial charge in [-0.05, 0) is 189 Å². The highest BCUT2D eigenvalue weighted by Gasteiger charge is 2.44. The molecule has 1 heterocycles. The second kappa shape index (κ2) is 22.6. The summed E-state index contributed by atoms with van der Waals surface area (Å²) < 4.78 is 8.87. The lowest BCUT2D eigenvalue weighted by atomic mass is 9.69. The Morgan fingerprint density at radius 3 is 1.64 bits per heavy atom. The first-order valence-corrected chi connectivity index (χ1v) is 29.5. The van der Waals surface area contributed by atoms with Gasteiger partial charge in [-0.3, -0.25) is 0 Å². The van der Waals surface area contributed by atoms with Crippen LogP contribution in [-0.4, -0.2) is 11.2 Å². The first-order valence-electron chi connectivity index (χ1n) is 29.5. The summed E-state index contributed by atoms with van der Waals surface area (Å²) in [5.41, 5.74) is 23.7. The van der Waals surface area contributed by atoms with E-state index in [0.29, 0.717) is 12.5 Å². The molecule has 2 aliphatic carbocycles. The molecule has 404 valence electrons. The number of anilines is 3. The van der Waals surface area contributed by atoms with Crippen LogP contribution in [-0.2, 0) is 5.41 Å². The minimum Gasteiger partial charge on any atom is -0.494 e. The van der Waals surface area contributed by atoms with E-state index < -0.39 is 0 Å². The fourth-order valence-electron chi connectivity index (χ4n) is 13.2. The molecule has 0 aliphatic heterocycles. The number of allylic oxidation sites excluding steroid dienone is 5. The maximum Gasteiger partial charge on any atom is 0.119 e. The molecule has 0 saturated heterocycles. The molecule has 0 bridgehead atoms. The maximum atomic E-state index is 6.47. The molecule has 0 amide bonds. The van der Waals surface area contributed by atoms with Gasteiger partial charge in [-0.1, -0.05) is 226 Å². The minimum absolute atomic E-state index is 0.374. The second-order valence-corrected chi connectivity index (χ2v) is 22.3. The van der Waals surface area contributed by atoms with Crippen LogP contribution in [0.15, 0.2) is 310 Å². The van der Waals surface area contributed by atoms with E-state index in [-0.39, 0.29) is 5.41 Å². The van der Waals surface area contributed by atoms with Crippen molar-refractivity contribution in [3.8, 4) is 55.9 Å². The van der Waals surface area contributed by atoms with E-state index in [1.807, 2.05) is 12.2 Å². The van der Waals surface area contributed by atoms with Gasteiger partial charge in [0.25, 0.3) is 0 Å². The fourth-order valence-corrected chi connectivity index (χ4v) is 13.2. The largest absolute Gasteiger partial charge is 0.494 e. The standard InChI is InChI=1S/C81H64N2O/c1-3-57-26-30-60(31-27-57)62-38-47-72(48-39-62)84-53-17-16-52-81(67-20-10-6-11-21-67)77-25-15-14-24-73(77)74-49-46-71(56-78(74)81)82(69-42-34-61(35-43-69)59-18-8-5-9-19-59)70-44-36-64(37-45-70)66-41-51-80-76(55-66)75-54-65(63-32-28-58(4-2)29-33-63)40-50-79(75)83(80)68-22-12-7-13-23-68/h3-15,18-30,32-51,54-56,60H,1-2,16-17,31,52-53H2.